The third-order valence-electron chi connectivity index (χ3n) is 1.88. The molecule has 1 aromatic heterocycles. The molecule has 1 heterocycles. The number of hydrogen-bond donors (Lipinski definition) is 2. The number of carbonyl (C=O) groups is 1. The van der Waals surface area contributed by atoms with Gasteiger partial charge in [-0.3, -0.25) is 4.79 Å². The van der Waals surface area contributed by atoms with E-state index in [2.05, 4.69) is 43.2 Å². The number of rotatable bonds is 6. The molecule has 1 rings (SSSR count). The van der Waals surface area contributed by atoms with Crippen molar-refractivity contribution in [1.82, 2.24) is 15.3 Å². The Balaban J connectivity index is 2.25. The molecule has 1 amide bonds. The zero-order chi connectivity index (χ0) is 11.8. The summed E-state index contributed by atoms with van der Waals surface area (Å²) in [5, 5.41) is 5.92. The second kappa shape index (κ2) is 7.37. The van der Waals surface area contributed by atoms with Gasteiger partial charge in [-0.1, -0.05) is 6.92 Å². The van der Waals surface area contributed by atoms with Crippen molar-refractivity contribution in [3.05, 3.63) is 16.1 Å². The van der Waals surface area contributed by atoms with Crippen LogP contribution < -0.4 is 10.6 Å². The van der Waals surface area contributed by atoms with Gasteiger partial charge >= 0.3 is 0 Å². The molecule has 0 aliphatic heterocycles. The second-order valence-electron chi connectivity index (χ2n) is 3.25. The second-order valence-corrected chi connectivity index (χ2v) is 4.41. The van der Waals surface area contributed by atoms with E-state index in [4.69, 9.17) is 0 Å². The van der Waals surface area contributed by atoms with Crippen LogP contribution in [0.1, 0.15) is 19.8 Å². The Morgan fingerprint density at radius 2 is 2.31 bits per heavy atom. The lowest BCUT2D eigenvalue weighted by molar-refractivity contribution is -0.120. The predicted octanol–water partition coefficient (Wildman–Crippen LogP) is 1.41. The van der Waals surface area contributed by atoms with Gasteiger partial charge in [-0.05, 0) is 29.0 Å². The Morgan fingerprint density at radius 1 is 1.50 bits per heavy atom. The number of carbonyl (C=O) groups excluding carboxylic acids is 1. The maximum atomic E-state index is 11.3. The van der Waals surface area contributed by atoms with Crippen molar-refractivity contribution in [3.8, 4) is 0 Å². The van der Waals surface area contributed by atoms with E-state index in [1.807, 2.05) is 6.92 Å². The molecule has 0 spiro atoms. The highest BCUT2D eigenvalue weighted by molar-refractivity contribution is 14.1. The first-order valence-corrected chi connectivity index (χ1v) is 6.28. The van der Waals surface area contributed by atoms with Crippen LogP contribution in [0.3, 0.4) is 0 Å². The van der Waals surface area contributed by atoms with Gasteiger partial charge in [0.05, 0.1) is 3.57 Å². The molecular weight excluding hydrogens is 319 g/mol. The van der Waals surface area contributed by atoms with E-state index in [1.165, 1.54) is 6.33 Å². The van der Waals surface area contributed by atoms with Gasteiger partial charge in [0.1, 0.15) is 12.1 Å². The van der Waals surface area contributed by atoms with Gasteiger partial charge < -0.3 is 10.6 Å². The molecule has 0 saturated carbocycles. The number of anilines is 1. The first-order chi connectivity index (χ1) is 7.74. The lowest BCUT2D eigenvalue weighted by Gasteiger charge is -2.06. The van der Waals surface area contributed by atoms with E-state index in [9.17, 15) is 4.79 Å². The summed E-state index contributed by atoms with van der Waals surface area (Å²) in [6.07, 6.45) is 4.64. The number of halogens is 1. The number of aromatic nitrogens is 2. The first kappa shape index (κ1) is 13.1. The largest absolute Gasteiger partial charge is 0.369 e. The highest BCUT2D eigenvalue weighted by atomic mass is 127. The molecule has 5 nitrogen and oxygen atoms in total. The third-order valence-corrected chi connectivity index (χ3v) is 2.67. The summed E-state index contributed by atoms with van der Waals surface area (Å²) in [6.45, 7) is 3.36. The smallest absolute Gasteiger partial charge is 0.221 e. The molecule has 2 N–H and O–H groups in total. The zero-order valence-electron chi connectivity index (χ0n) is 9.16. The predicted molar refractivity (Wildman–Crippen MR) is 71.2 cm³/mol. The number of nitrogens with one attached hydrogen (secondary N) is 2. The lowest BCUT2D eigenvalue weighted by Crippen LogP contribution is -2.26. The van der Waals surface area contributed by atoms with Crippen LogP contribution in [0.2, 0.25) is 0 Å². The summed E-state index contributed by atoms with van der Waals surface area (Å²) < 4.78 is 0.953. The molecule has 0 bridgehead atoms. The van der Waals surface area contributed by atoms with Gasteiger partial charge in [-0.15, -0.1) is 0 Å². The molecule has 0 saturated heterocycles. The Bertz CT molecular complexity index is 345. The summed E-state index contributed by atoms with van der Waals surface area (Å²) >= 11 is 2.15. The van der Waals surface area contributed by atoms with E-state index in [0.29, 0.717) is 13.0 Å². The SMILES string of the molecule is CCCNC(=O)CCNc1ncncc1I. The van der Waals surface area contributed by atoms with Crippen molar-refractivity contribution < 1.29 is 4.79 Å². The van der Waals surface area contributed by atoms with Crippen LogP contribution in [0, 0.1) is 3.57 Å². The van der Waals surface area contributed by atoms with Gasteiger partial charge in [0.2, 0.25) is 5.91 Å². The van der Waals surface area contributed by atoms with Gasteiger partial charge in [-0.2, -0.15) is 0 Å². The molecule has 0 aliphatic rings. The minimum atomic E-state index is 0.0680. The topological polar surface area (TPSA) is 66.9 Å². The molecule has 0 atom stereocenters. The average molecular weight is 334 g/mol. The minimum Gasteiger partial charge on any atom is -0.369 e. The van der Waals surface area contributed by atoms with Crippen molar-refractivity contribution in [2.24, 2.45) is 0 Å². The molecule has 0 unspecified atom stereocenters. The highest BCUT2D eigenvalue weighted by Crippen LogP contribution is 2.11. The molecule has 0 aliphatic carbocycles. The van der Waals surface area contributed by atoms with Gasteiger partial charge in [-0.25, -0.2) is 9.97 Å². The first-order valence-electron chi connectivity index (χ1n) is 5.20. The van der Waals surface area contributed by atoms with Crippen LogP contribution in [-0.4, -0.2) is 29.0 Å². The molecule has 6 heteroatoms. The maximum Gasteiger partial charge on any atom is 0.221 e. The van der Waals surface area contributed by atoms with E-state index >= 15 is 0 Å². The monoisotopic (exact) mass is 334 g/mol. The van der Waals surface area contributed by atoms with Crippen molar-refractivity contribution in [2.45, 2.75) is 19.8 Å². The summed E-state index contributed by atoms with van der Waals surface area (Å²) in [7, 11) is 0. The normalized spacial score (nSPS) is 9.88. The summed E-state index contributed by atoms with van der Waals surface area (Å²) in [5.74, 6) is 0.845. The molecule has 16 heavy (non-hydrogen) atoms. The molecule has 1 aromatic rings. The van der Waals surface area contributed by atoms with Crippen LogP contribution in [0.15, 0.2) is 12.5 Å². The zero-order valence-corrected chi connectivity index (χ0v) is 11.3. The minimum absolute atomic E-state index is 0.0680. The maximum absolute atomic E-state index is 11.3. The summed E-state index contributed by atoms with van der Waals surface area (Å²) in [6, 6.07) is 0. The van der Waals surface area contributed by atoms with Crippen molar-refractivity contribution >= 4 is 34.3 Å². The molecule has 88 valence electrons. The Morgan fingerprint density at radius 3 is 3.00 bits per heavy atom. The van der Waals surface area contributed by atoms with E-state index in [1.54, 1.807) is 6.20 Å². The van der Waals surface area contributed by atoms with Crippen molar-refractivity contribution in [2.75, 3.05) is 18.4 Å². The lowest BCUT2D eigenvalue weighted by atomic mass is 10.3. The standard InChI is InChI=1S/C10H15IN4O/c1-2-4-13-9(16)3-5-14-10-8(11)6-12-7-15-10/h6-7H,2-5H2,1H3,(H,13,16)(H,12,14,15). The fourth-order valence-electron chi connectivity index (χ4n) is 1.09. The Kier molecular flexibility index (Phi) is 6.05. The number of nitrogens with zero attached hydrogens (tertiary/aromatic N) is 2. The number of amides is 1. The molecule has 0 radical (unpaired) electrons. The summed E-state index contributed by atoms with van der Waals surface area (Å²) in [4.78, 5) is 19.3. The molecule has 0 fully saturated rings. The van der Waals surface area contributed by atoms with Gasteiger partial charge in [0.15, 0.2) is 0 Å². The summed E-state index contributed by atoms with van der Waals surface area (Å²) in [5.41, 5.74) is 0. The quantitative estimate of drug-likeness (QED) is 0.772. The van der Waals surface area contributed by atoms with Crippen molar-refractivity contribution in [3.63, 3.8) is 0 Å². The van der Waals surface area contributed by atoms with Crippen LogP contribution in [-0.2, 0) is 4.79 Å². The third kappa shape index (κ3) is 4.73. The highest BCUT2D eigenvalue weighted by Gasteiger charge is 2.02. The fraction of sp³-hybridized carbons (Fsp3) is 0.500. The Hall–Kier alpha value is -0.920. The van der Waals surface area contributed by atoms with Gasteiger partial charge in [0.25, 0.3) is 0 Å². The number of hydrogen-bond acceptors (Lipinski definition) is 4. The van der Waals surface area contributed by atoms with Crippen LogP contribution in [0.4, 0.5) is 5.82 Å². The van der Waals surface area contributed by atoms with E-state index < -0.39 is 0 Å². The van der Waals surface area contributed by atoms with Crippen molar-refractivity contribution in [1.29, 1.82) is 0 Å². The Labute approximate surface area is 109 Å². The van der Waals surface area contributed by atoms with E-state index in [-0.39, 0.29) is 5.91 Å². The van der Waals surface area contributed by atoms with Crippen LogP contribution in [0.5, 0.6) is 0 Å². The van der Waals surface area contributed by atoms with E-state index in [0.717, 1.165) is 22.4 Å². The average Bonchev–Trinajstić information content (AvgIpc) is 2.29. The van der Waals surface area contributed by atoms with Gasteiger partial charge in [0, 0.05) is 25.7 Å². The van der Waals surface area contributed by atoms with Crippen LogP contribution >= 0.6 is 22.6 Å². The van der Waals surface area contributed by atoms with Crippen LogP contribution in [0.25, 0.3) is 0 Å². The molecule has 0 aromatic carbocycles. The fourth-order valence-corrected chi connectivity index (χ4v) is 1.58. The molecular formula is C10H15IN4O.